The summed E-state index contributed by atoms with van der Waals surface area (Å²) in [7, 11) is 0. The van der Waals surface area contributed by atoms with Crippen molar-refractivity contribution in [2.75, 3.05) is 6.61 Å². The largest absolute Gasteiger partial charge is 0.458 e. The molecule has 0 radical (unpaired) electrons. The summed E-state index contributed by atoms with van der Waals surface area (Å²) in [5, 5.41) is 8.57. The first-order valence-electron chi connectivity index (χ1n) is 8.91. The topological polar surface area (TPSA) is 69.4 Å². The number of fused-ring (bicyclic) bond motifs is 3. The first-order valence-corrected chi connectivity index (χ1v) is 10.3. The lowest BCUT2D eigenvalue weighted by molar-refractivity contribution is 0.181. The van der Waals surface area contributed by atoms with E-state index >= 15 is 0 Å². The molecule has 0 bridgehead atoms. The van der Waals surface area contributed by atoms with E-state index in [0.717, 1.165) is 17.4 Å². The smallest absolute Gasteiger partial charge is 0.367 e. The summed E-state index contributed by atoms with van der Waals surface area (Å²) in [6.45, 7) is 2.28. The number of carbonyl (C=O) groups excluding carboxylic acids is 1. The molecule has 0 saturated carbocycles. The van der Waals surface area contributed by atoms with Crippen LogP contribution in [-0.4, -0.2) is 32.4 Å². The summed E-state index contributed by atoms with van der Waals surface area (Å²) in [4.78, 5) is 16.4. The Hall–Kier alpha value is -2.71. The van der Waals surface area contributed by atoms with E-state index in [4.69, 9.17) is 16.3 Å². The molecule has 0 saturated heterocycles. The van der Waals surface area contributed by atoms with Gasteiger partial charge in [-0.1, -0.05) is 23.7 Å². The molecule has 148 valence electrons. The summed E-state index contributed by atoms with van der Waals surface area (Å²) >= 11 is 7.25. The van der Waals surface area contributed by atoms with E-state index in [1.807, 2.05) is 10.6 Å². The molecule has 0 atom stereocenters. The zero-order chi connectivity index (χ0) is 20.4. The highest BCUT2D eigenvalue weighted by Gasteiger charge is 2.24. The van der Waals surface area contributed by atoms with Crippen molar-refractivity contribution in [1.29, 1.82) is 0 Å². The molecule has 2 aromatic carbocycles. The van der Waals surface area contributed by atoms with Crippen molar-refractivity contribution in [3.63, 3.8) is 0 Å². The summed E-state index contributed by atoms with van der Waals surface area (Å²) < 4.78 is 21.3. The van der Waals surface area contributed by atoms with Gasteiger partial charge in [0.25, 0.3) is 0 Å². The Kier molecular flexibility index (Phi) is 5.64. The molecular weight excluding hydrogens is 415 g/mol. The number of aliphatic imine (C=N–C) groups is 1. The van der Waals surface area contributed by atoms with Gasteiger partial charge in [0.2, 0.25) is 0 Å². The minimum atomic E-state index is -0.377. The minimum Gasteiger partial charge on any atom is -0.458 e. The van der Waals surface area contributed by atoms with Crippen molar-refractivity contribution >= 4 is 34.4 Å². The van der Waals surface area contributed by atoms with E-state index in [1.165, 1.54) is 6.07 Å². The van der Waals surface area contributed by atoms with Crippen LogP contribution in [0.2, 0.25) is 5.02 Å². The first kappa shape index (κ1) is 19.6. The highest BCUT2D eigenvalue weighted by molar-refractivity contribution is 8.12. The second kappa shape index (κ2) is 8.34. The number of halogens is 2. The fourth-order valence-corrected chi connectivity index (χ4v) is 3.93. The maximum atomic E-state index is 14.5. The van der Waals surface area contributed by atoms with Gasteiger partial charge in [0.1, 0.15) is 18.2 Å². The lowest BCUT2D eigenvalue weighted by Crippen LogP contribution is -2.11. The average molecular weight is 431 g/mol. The number of hydrogen-bond donors (Lipinski definition) is 0. The van der Waals surface area contributed by atoms with Crippen molar-refractivity contribution in [1.82, 2.24) is 14.8 Å². The van der Waals surface area contributed by atoms with E-state index in [9.17, 15) is 9.18 Å². The molecule has 0 amide bonds. The highest BCUT2D eigenvalue weighted by Crippen LogP contribution is 2.30. The third-order valence-corrected chi connectivity index (χ3v) is 5.33. The van der Waals surface area contributed by atoms with E-state index in [2.05, 4.69) is 15.2 Å². The summed E-state index contributed by atoms with van der Waals surface area (Å²) in [6.07, 6.45) is 0. The molecule has 0 unspecified atom stereocenters. The molecule has 3 aromatic rings. The second-order valence-corrected chi connectivity index (χ2v) is 7.49. The van der Waals surface area contributed by atoms with Crippen molar-refractivity contribution in [3.05, 3.63) is 76.1 Å². The van der Waals surface area contributed by atoms with Crippen molar-refractivity contribution in [2.24, 2.45) is 4.99 Å². The molecule has 29 heavy (non-hydrogen) atoms. The number of ether oxygens (including phenoxy) is 1. The second-order valence-electron chi connectivity index (χ2n) is 6.15. The number of aromatic nitrogens is 3. The van der Waals surface area contributed by atoms with Crippen LogP contribution >= 0.6 is 23.4 Å². The molecule has 1 aliphatic heterocycles. The van der Waals surface area contributed by atoms with Crippen LogP contribution < -0.4 is 0 Å². The Labute approximate surface area is 175 Å². The molecule has 0 aliphatic carbocycles. The molecule has 6 nitrogen and oxygen atoms in total. The summed E-state index contributed by atoms with van der Waals surface area (Å²) in [6, 6.07) is 11.8. The Morgan fingerprint density at radius 3 is 2.86 bits per heavy atom. The Bertz CT molecular complexity index is 1120. The van der Waals surface area contributed by atoms with E-state index < -0.39 is 0 Å². The molecule has 2 heterocycles. The van der Waals surface area contributed by atoms with Crippen molar-refractivity contribution < 1.29 is 13.9 Å². The average Bonchev–Trinajstić information content (AvgIpc) is 3.04. The lowest BCUT2D eigenvalue weighted by atomic mass is 10.00. The Morgan fingerprint density at radius 2 is 2.07 bits per heavy atom. The van der Waals surface area contributed by atoms with E-state index in [1.54, 1.807) is 37.3 Å². The fourth-order valence-electron chi connectivity index (χ4n) is 3.12. The van der Waals surface area contributed by atoms with Gasteiger partial charge >= 0.3 is 5.30 Å². The van der Waals surface area contributed by atoms with Crippen LogP contribution in [0.15, 0.2) is 47.5 Å². The fraction of sp³-hybridized carbons (Fsp3) is 0.200. The van der Waals surface area contributed by atoms with Gasteiger partial charge < -0.3 is 4.74 Å². The zero-order valence-corrected chi connectivity index (χ0v) is 17.0. The molecule has 1 aromatic heterocycles. The molecule has 0 spiro atoms. The monoisotopic (exact) mass is 430 g/mol. The van der Waals surface area contributed by atoms with Crippen LogP contribution in [0, 0.1) is 5.82 Å². The van der Waals surface area contributed by atoms with Gasteiger partial charge in [0.05, 0.1) is 23.8 Å². The van der Waals surface area contributed by atoms with Gasteiger partial charge in [-0.05, 0) is 49.0 Å². The Morgan fingerprint density at radius 1 is 1.24 bits per heavy atom. The van der Waals surface area contributed by atoms with Gasteiger partial charge in [-0.15, -0.1) is 10.2 Å². The summed E-state index contributed by atoms with van der Waals surface area (Å²) in [5.41, 5.74) is 2.28. The molecule has 9 heteroatoms. The number of hydrogen-bond acceptors (Lipinski definition) is 6. The normalized spacial score (nSPS) is 12.6. The van der Waals surface area contributed by atoms with Crippen LogP contribution in [0.4, 0.5) is 9.18 Å². The van der Waals surface area contributed by atoms with Gasteiger partial charge in [0, 0.05) is 16.1 Å². The quantitative estimate of drug-likeness (QED) is 0.556. The van der Waals surface area contributed by atoms with Crippen LogP contribution in [0.3, 0.4) is 0 Å². The molecule has 1 aliphatic rings. The first-order chi connectivity index (χ1) is 14.1. The predicted octanol–water partition coefficient (Wildman–Crippen LogP) is 4.80. The third kappa shape index (κ3) is 3.90. The number of benzene rings is 2. The highest BCUT2D eigenvalue weighted by atomic mass is 35.5. The number of carbonyl (C=O) groups is 1. The predicted molar refractivity (Wildman–Crippen MR) is 110 cm³/mol. The molecule has 0 fully saturated rings. The third-order valence-electron chi connectivity index (χ3n) is 4.34. The molecule has 0 N–H and O–H groups in total. The molecule has 4 rings (SSSR count). The lowest BCUT2D eigenvalue weighted by Gasteiger charge is -2.14. The number of rotatable bonds is 4. The van der Waals surface area contributed by atoms with Gasteiger partial charge in [-0.3, -0.25) is 9.56 Å². The SMILES string of the molecule is CCOC(=O)SCc1nnc2n1-c1ccc(Cl)cc1C(c1ccccc1F)=NC2. The van der Waals surface area contributed by atoms with Crippen LogP contribution in [0.1, 0.15) is 29.7 Å². The van der Waals surface area contributed by atoms with Crippen LogP contribution in [-0.2, 0) is 17.0 Å². The van der Waals surface area contributed by atoms with Gasteiger partial charge in [-0.2, -0.15) is 0 Å². The number of nitrogens with zero attached hydrogens (tertiary/aromatic N) is 4. The zero-order valence-electron chi connectivity index (χ0n) is 15.4. The minimum absolute atomic E-state index is 0.215. The maximum Gasteiger partial charge on any atom is 0.367 e. The molecular formula is C20H16ClFN4O2S. The van der Waals surface area contributed by atoms with Gasteiger partial charge in [0.15, 0.2) is 5.82 Å². The van der Waals surface area contributed by atoms with Crippen molar-refractivity contribution in [2.45, 2.75) is 19.2 Å². The standard InChI is InChI=1S/C20H16ClFN4O2S/c1-2-28-20(27)29-11-18-25-24-17-10-23-19(13-5-3-4-6-15(13)22)14-9-12(21)7-8-16(14)26(17)18/h3-9H,2,10-11H2,1H3. The van der Waals surface area contributed by atoms with Crippen molar-refractivity contribution in [3.8, 4) is 5.69 Å². The number of thioether (sulfide) groups is 1. The Balaban J connectivity index is 1.80. The van der Waals surface area contributed by atoms with E-state index in [-0.39, 0.29) is 23.4 Å². The van der Waals surface area contributed by atoms with Crippen LogP contribution in [0.25, 0.3) is 5.69 Å². The van der Waals surface area contributed by atoms with E-state index in [0.29, 0.717) is 40.1 Å². The van der Waals surface area contributed by atoms with Gasteiger partial charge in [-0.25, -0.2) is 9.18 Å². The van der Waals surface area contributed by atoms with Crippen LogP contribution in [0.5, 0.6) is 0 Å². The summed E-state index contributed by atoms with van der Waals surface area (Å²) in [5.74, 6) is 1.09. The maximum absolute atomic E-state index is 14.5.